The second kappa shape index (κ2) is 12.4. The molecule has 0 aliphatic rings. The summed E-state index contributed by atoms with van der Waals surface area (Å²) in [5.74, 6) is 7.83. The van der Waals surface area contributed by atoms with Crippen molar-refractivity contribution in [2.24, 2.45) is 0 Å². The first-order chi connectivity index (χ1) is 22.7. The van der Waals surface area contributed by atoms with Crippen LogP contribution in [0.3, 0.4) is 0 Å². The minimum Gasteiger partial charge on any atom is -0.358 e. The summed E-state index contributed by atoms with van der Waals surface area (Å²) in [6.07, 6.45) is 8.07. The first-order valence-corrected chi connectivity index (χ1v) is 17.5. The average Bonchev–Trinajstić information content (AvgIpc) is 3.68. The van der Waals surface area contributed by atoms with E-state index in [0.29, 0.717) is 12.2 Å². The van der Waals surface area contributed by atoms with Gasteiger partial charge in [-0.3, -0.25) is 14.8 Å². The Morgan fingerprint density at radius 3 is 2.55 bits per heavy atom. The number of hydrogen-bond acceptors (Lipinski definition) is 5. The van der Waals surface area contributed by atoms with Gasteiger partial charge in [-0.1, -0.05) is 54.7 Å². The van der Waals surface area contributed by atoms with Crippen LogP contribution in [-0.2, 0) is 13.0 Å². The number of nitrogens with one attached hydrogen (secondary N) is 4. The van der Waals surface area contributed by atoms with Crippen molar-refractivity contribution in [3.63, 3.8) is 0 Å². The monoisotopic (exact) mass is 639 g/mol. The van der Waals surface area contributed by atoms with Gasteiger partial charge in [0, 0.05) is 47.4 Å². The lowest BCUT2D eigenvalue weighted by Gasteiger charge is -2.12. The van der Waals surface area contributed by atoms with Crippen LogP contribution in [0.4, 0.5) is 10.1 Å². The summed E-state index contributed by atoms with van der Waals surface area (Å²) in [7, 11) is -1.43. The highest BCUT2D eigenvalue weighted by atomic mass is 32.2. The number of hydrogen-bond donors (Lipinski definition) is 4. The van der Waals surface area contributed by atoms with E-state index in [4.69, 9.17) is 0 Å². The van der Waals surface area contributed by atoms with Gasteiger partial charge in [-0.2, -0.15) is 14.5 Å². The molecule has 4 N–H and O–H groups in total. The van der Waals surface area contributed by atoms with Crippen molar-refractivity contribution in [2.45, 2.75) is 13.0 Å². The van der Waals surface area contributed by atoms with Gasteiger partial charge in [0.2, 0.25) is 0 Å². The van der Waals surface area contributed by atoms with Gasteiger partial charge in [0.25, 0.3) is 0 Å². The second-order valence-corrected chi connectivity index (χ2v) is 14.8. The third-order valence-electron chi connectivity index (χ3n) is 7.90. The molecular formula is C38H34FN7S. The molecule has 0 saturated heterocycles. The molecule has 0 atom stereocenters. The molecule has 0 unspecified atom stereocenters. The normalized spacial score (nSPS) is 11.7. The number of aromatic amines is 2. The van der Waals surface area contributed by atoms with Gasteiger partial charge in [-0.05, 0) is 82.6 Å². The Morgan fingerprint density at radius 2 is 1.72 bits per heavy atom. The lowest BCUT2D eigenvalue weighted by Crippen LogP contribution is -2.08. The fourth-order valence-corrected chi connectivity index (χ4v) is 6.24. The van der Waals surface area contributed by atoms with E-state index in [-0.39, 0.29) is 5.82 Å². The topological polar surface area (TPSA) is 94.3 Å². The summed E-state index contributed by atoms with van der Waals surface area (Å²) in [6, 6.07) is 27.5. The Hall–Kier alpha value is -5.51. The van der Waals surface area contributed by atoms with Crippen molar-refractivity contribution in [3.8, 4) is 33.6 Å². The fraction of sp³-hybridized carbons (Fsp3) is 0.0789. The summed E-state index contributed by atoms with van der Waals surface area (Å²) in [6.45, 7) is 4.69. The Bertz CT molecular complexity index is 2370. The molecule has 0 spiro atoms. The van der Waals surface area contributed by atoms with Crippen LogP contribution in [0.5, 0.6) is 0 Å². The quantitative estimate of drug-likeness (QED) is 0.113. The summed E-state index contributed by atoms with van der Waals surface area (Å²) < 4.78 is 18.1. The van der Waals surface area contributed by atoms with Gasteiger partial charge in [0.1, 0.15) is 17.2 Å². The molecule has 234 valence electrons. The molecule has 0 aliphatic heterocycles. The van der Waals surface area contributed by atoms with E-state index in [9.17, 15) is 4.39 Å². The van der Waals surface area contributed by atoms with Gasteiger partial charge >= 0.3 is 0 Å². The first kappa shape index (κ1) is 30.2. The predicted octanol–water partition coefficient (Wildman–Crippen LogP) is 8.45. The molecule has 0 radical (unpaired) electrons. The van der Waals surface area contributed by atoms with Gasteiger partial charge in [0.15, 0.2) is 0 Å². The zero-order valence-corrected chi connectivity index (χ0v) is 26.8. The summed E-state index contributed by atoms with van der Waals surface area (Å²) in [5, 5.41) is 13.1. The molecule has 9 heteroatoms. The van der Waals surface area contributed by atoms with E-state index in [1.54, 1.807) is 24.5 Å². The highest BCUT2D eigenvalue weighted by Crippen LogP contribution is 2.35. The number of allylic oxidation sites excluding steroid dienone is 1. The number of pyridine rings is 2. The van der Waals surface area contributed by atoms with Crippen molar-refractivity contribution in [3.05, 3.63) is 133 Å². The zero-order valence-electron chi connectivity index (χ0n) is 26.0. The molecule has 7 nitrogen and oxygen atoms in total. The van der Waals surface area contributed by atoms with Crippen LogP contribution in [0.25, 0.3) is 55.6 Å². The average molecular weight is 640 g/mol. The van der Waals surface area contributed by atoms with Crippen LogP contribution in [0.15, 0.2) is 116 Å². The lowest BCUT2D eigenvalue weighted by atomic mass is 10.0. The maximum atomic E-state index is 14.8. The minimum atomic E-state index is -1.43. The summed E-state index contributed by atoms with van der Waals surface area (Å²) in [4.78, 5) is 12.5. The van der Waals surface area contributed by atoms with Crippen LogP contribution < -0.4 is 10.0 Å². The SMILES string of the molecule is C=C(Cc1ccccc1)Nc1cncc(-c2ccc3[nH]nc(-c4cc5c(-c6cc(F)cc(CNS(=C)(=C)C)c6)ccnc5[nH]4)c3c2)c1. The van der Waals surface area contributed by atoms with Crippen molar-refractivity contribution < 1.29 is 4.39 Å². The number of rotatable bonds is 10. The van der Waals surface area contributed by atoms with Gasteiger partial charge in [-0.25, -0.2) is 9.37 Å². The predicted molar refractivity (Wildman–Crippen MR) is 197 cm³/mol. The number of benzene rings is 3. The highest BCUT2D eigenvalue weighted by molar-refractivity contribution is 8.25. The molecule has 7 rings (SSSR count). The van der Waals surface area contributed by atoms with E-state index in [1.807, 2.05) is 54.9 Å². The van der Waals surface area contributed by atoms with Crippen molar-refractivity contribution in [1.82, 2.24) is 29.9 Å². The van der Waals surface area contributed by atoms with E-state index in [0.717, 1.165) is 73.3 Å². The Kier molecular flexibility index (Phi) is 7.93. The zero-order chi connectivity index (χ0) is 32.5. The molecule has 0 saturated carbocycles. The van der Waals surface area contributed by atoms with E-state index < -0.39 is 9.39 Å². The molecule has 0 aliphatic carbocycles. The molecule has 0 fully saturated rings. The smallest absolute Gasteiger partial charge is 0.138 e. The third kappa shape index (κ3) is 6.72. The first-order valence-electron chi connectivity index (χ1n) is 15.1. The van der Waals surface area contributed by atoms with Crippen LogP contribution in [0, 0.1) is 5.82 Å². The highest BCUT2D eigenvalue weighted by Gasteiger charge is 2.16. The van der Waals surface area contributed by atoms with E-state index in [2.05, 4.69) is 83.8 Å². The third-order valence-corrected chi connectivity index (χ3v) is 8.74. The molecule has 47 heavy (non-hydrogen) atoms. The molecular weight excluding hydrogens is 606 g/mol. The largest absolute Gasteiger partial charge is 0.358 e. The number of anilines is 1. The summed E-state index contributed by atoms with van der Waals surface area (Å²) in [5.41, 5.74) is 10.6. The van der Waals surface area contributed by atoms with Crippen LogP contribution in [0.2, 0.25) is 0 Å². The van der Waals surface area contributed by atoms with E-state index >= 15 is 0 Å². The molecule has 0 bridgehead atoms. The van der Waals surface area contributed by atoms with Crippen LogP contribution >= 0.6 is 9.39 Å². The fourth-order valence-electron chi connectivity index (χ4n) is 5.73. The maximum Gasteiger partial charge on any atom is 0.138 e. The molecule has 4 heterocycles. The number of halogens is 1. The van der Waals surface area contributed by atoms with Gasteiger partial charge < -0.3 is 10.3 Å². The molecule has 0 amide bonds. The van der Waals surface area contributed by atoms with Gasteiger partial charge in [-0.15, -0.1) is 0 Å². The van der Waals surface area contributed by atoms with E-state index in [1.165, 1.54) is 5.56 Å². The minimum absolute atomic E-state index is 0.301. The summed E-state index contributed by atoms with van der Waals surface area (Å²) >= 11 is 0. The second-order valence-electron chi connectivity index (χ2n) is 11.9. The lowest BCUT2D eigenvalue weighted by molar-refractivity contribution is 0.625. The molecule has 7 aromatic rings. The Labute approximate surface area is 273 Å². The van der Waals surface area contributed by atoms with Crippen molar-refractivity contribution >= 4 is 48.8 Å². The van der Waals surface area contributed by atoms with Crippen LogP contribution in [-0.4, -0.2) is 43.1 Å². The number of H-pyrrole nitrogens is 2. The van der Waals surface area contributed by atoms with Crippen molar-refractivity contribution in [1.29, 1.82) is 0 Å². The standard InChI is InChI=1S/C38H34FN7S/c1-24(14-25-8-6-5-7-9-25)43-31-18-29(22-40-23-31)27-10-11-35-34(19-27)37(46-45-35)36-20-33-32(12-13-41-38(33)44-36)28-15-26(16-30(39)17-28)21-42-47(2,3)4/h5-13,15-20,22-23,42-43H,1-3,14,21H2,4H3,(H,41,44)(H,45,46). The Morgan fingerprint density at radius 1 is 0.872 bits per heavy atom. The maximum absolute atomic E-state index is 14.8. The molecule has 4 aromatic heterocycles. The number of aromatic nitrogens is 5. The van der Waals surface area contributed by atoms with Gasteiger partial charge in [0.05, 0.1) is 23.1 Å². The number of nitrogens with zero attached hydrogens (tertiary/aromatic N) is 3. The number of fused-ring (bicyclic) bond motifs is 2. The van der Waals surface area contributed by atoms with Crippen molar-refractivity contribution in [2.75, 3.05) is 11.6 Å². The Balaban J connectivity index is 1.20. The van der Waals surface area contributed by atoms with Crippen LogP contribution in [0.1, 0.15) is 11.1 Å². The molecule has 3 aromatic carbocycles.